The summed E-state index contributed by atoms with van der Waals surface area (Å²) < 4.78 is 0. The number of imide groups is 1. The van der Waals surface area contributed by atoms with Gasteiger partial charge in [-0.25, -0.2) is 9.69 Å². The van der Waals surface area contributed by atoms with E-state index in [2.05, 4.69) is 5.32 Å². The van der Waals surface area contributed by atoms with Crippen molar-refractivity contribution < 1.29 is 9.59 Å². The van der Waals surface area contributed by atoms with E-state index in [1.807, 2.05) is 19.9 Å². The van der Waals surface area contributed by atoms with Crippen LogP contribution in [0.25, 0.3) is 0 Å². The summed E-state index contributed by atoms with van der Waals surface area (Å²) in [5.41, 5.74) is 0.307. The molecule has 0 saturated carbocycles. The van der Waals surface area contributed by atoms with Crippen LogP contribution in [-0.4, -0.2) is 18.5 Å². The maximum atomic E-state index is 12.7. The van der Waals surface area contributed by atoms with Gasteiger partial charge in [0.1, 0.15) is 0 Å². The fourth-order valence-electron chi connectivity index (χ4n) is 2.48. The van der Waals surface area contributed by atoms with Gasteiger partial charge in [-0.2, -0.15) is 5.26 Å². The zero-order chi connectivity index (χ0) is 14.8. The van der Waals surface area contributed by atoms with Crippen molar-refractivity contribution >= 4 is 17.6 Å². The number of hydrogen-bond acceptors (Lipinski definition) is 3. The Labute approximate surface area is 118 Å². The lowest BCUT2D eigenvalue weighted by Crippen LogP contribution is -2.60. The normalized spacial score (nSPS) is 17.6. The van der Waals surface area contributed by atoms with Crippen LogP contribution in [0.4, 0.5) is 10.5 Å². The molecule has 104 valence electrons. The van der Waals surface area contributed by atoms with E-state index >= 15 is 0 Å². The van der Waals surface area contributed by atoms with Crippen LogP contribution in [-0.2, 0) is 4.79 Å². The summed E-state index contributed by atoms with van der Waals surface area (Å²) in [4.78, 5) is 25.9. The van der Waals surface area contributed by atoms with Crippen molar-refractivity contribution in [3.63, 3.8) is 0 Å². The number of nitrogens with zero attached hydrogens (tertiary/aromatic N) is 2. The van der Waals surface area contributed by atoms with Gasteiger partial charge in [0.05, 0.1) is 22.7 Å². The minimum atomic E-state index is -0.559. The summed E-state index contributed by atoms with van der Waals surface area (Å²) in [5.74, 6) is -0.193. The minimum absolute atomic E-state index is 0.193. The largest absolute Gasteiger partial charge is 0.336 e. The van der Waals surface area contributed by atoms with Crippen LogP contribution < -0.4 is 10.2 Å². The number of hydrogen-bond donors (Lipinski definition) is 1. The van der Waals surface area contributed by atoms with Crippen molar-refractivity contribution in [2.75, 3.05) is 11.4 Å². The summed E-state index contributed by atoms with van der Waals surface area (Å²) in [7, 11) is 0. The second-order valence-corrected chi connectivity index (χ2v) is 4.95. The SMILES string of the molecule is CCC1(CC)CNC(=O)N(c2cccc(C#N)c2)C1=O. The third-order valence-electron chi connectivity index (χ3n) is 4.02. The lowest BCUT2D eigenvalue weighted by Gasteiger charge is -2.39. The second-order valence-electron chi connectivity index (χ2n) is 4.95. The highest BCUT2D eigenvalue weighted by Crippen LogP contribution is 2.33. The molecule has 0 aliphatic carbocycles. The molecule has 2 rings (SSSR count). The maximum Gasteiger partial charge on any atom is 0.328 e. The van der Waals surface area contributed by atoms with Gasteiger partial charge in [0, 0.05) is 6.54 Å². The van der Waals surface area contributed by atoms with E-state index in [-0.39, 0.29) is 5.91 Å². The molecule has 1 heterocycles. The lowest BCUT2D eigenvalue weighted by atomic mass is 9.79. The number of rotatable bonds is 3. The number of benzene rings is 1. The van der Waals surface area contributed by atoms with E-state index < -0.39 is 11.4 Å². The third-order valence-corrected chi connectivity index (χ3v) is 4.02. The predicted octanol–water partition coefficient (Wildman–Crippen LogP) is 2.42. The van der Waals surface area contributed by atoms with Gasteiger partial charge in [0.25, 0.3) is 0 Å². The number of anilines is 1. The van der Waals surface area contributed by atoms with Crippen LogP contribution in [0.1, 0.15) is 32.3 Å². The summed E-state index contributed by atoms with van der Waals surface area (Å²) in [6.07, 6.45) is 1.33. The van der Waals surface area contributed by atoms with Gasteiger partial charge in [-0.3, -0.25) is 4.79 Å². The van der Waals surface area contributed by atoms with Crippen molar-refractivity contribution in [2.24, 2.45) is 5.41 Å². The molecule has 0 radical (unpaired) electrons. The Morgan fingerprint density at radius 3 is 2.65 bits per heavy atom. The summed E-state index contributed by atoms with van der Waals surface area (Å²) >= 11 is 0. The zero-order valence-electron chi connectivity index (χ0n) is 11.6. The van der Waals surface area contributed by atoms with Crippen LogP contribution in [0.5, 0.6) is 0 Å². The lowest BCUT2D eigenvalue weighted by molar-refractivity contribution is -0.128. The topological polar surface area (TPSA) is 73.2 Å². The molecule has 0 atom stereocenters. The first-order valence-electron chi connectivity index (χ1n) is 6.70. The van der Waals surface area contributed by atoms with E-state index in [0.29, 0.717) is 30.6 Å². The van der Waals surface area contributed by atoms with Crippen molar-refractivity contribution in [1.29, 1.82) is 5.26 Å². The van der Waals surface area contributed by atoms with Crippen LogP contribution in [0.3, 0.4) is 0 Å². The number of urea groups is 1. The first-order valence-corrected chi connectivity index (χ1v) is 6.70. The molecule has 1 aromatic rings. The Bertz CT molecular complexity index is 585. The Kier molecular flexibility index (Phi) is 3.75. The molecule has 1 aromatic carbocycles. The molecule has 0 aromatic heterocycles. The molecule has 20 heavy (non-hydrogen) atoms. The van der Waals surface area contributed by atoms with E-state index in [0.717, 1.165) is 4.90 Å². The first kappa shape index (κ1) is 14.1. The Morgan fingerprint density at radius 2 is 2.05 bits per heavy atom. The van der Waals surface area contributed by atoms with Crippen molar-refractivity contribution in [3.05, 3.63) is 29.8 Å². The molecule has 0 unspecified atom stereocenters. The van der Waals surface area contributed by atoms with Crippen LogP contribution >= 0.6 is 0 Å². The van der Waals surface area contributed by atoms with Gasteiger partial charge >= 0.3 is 6.03 Å². The van der Waals surface area contributed by atoms with Gasteiger partial charge in [-0.15, -0.1) is 0 Å². The average molecular weight is 271 g/mol. The van der Waals surface area contributed by atoms with Gasteiger partial charge < -0.3 is 5.32 Å². The van der Waals surface area contributed by atoms with Crippen LogP contribution in [0, 0.1) is 16.7 Å². The molecule has 1 aliphatic rings. The van der Waals surface area contributed by atoms with Crippen LogP contribution in [0.2, 0.25) is 0 Å². The number of nitrogens with one attached hydrogen (secondary N) is 1. The molecule has 1 fully saturated rings. The van der Waals surface area contributed by atoms with E-state index in [4.69, 9.17) is 5.26 Å². The molecule has 5 heteroatoms. The number of amides is 3. The van der Waals surface area contributed by atoms with Gasteiger partial charge in [-0.1, -0.05) is 19.9 Å². The highest BCUT2D eigenvalue weighted by molar-refractivity contribution is 6.18. The monoisotopic (exact) mass is 271 g/mol. The molecular formula is C15H17N3O2. The summed E-state index contributed by atoms with van der Waals surface area (Å²) in [6.45, 7) is 4.26. The number of nitriles is 1. The highest BCUT2D eigenvalue weighted by Gasteiger charge is 2.45. The molecule has 0 bridgehead atoms. The van der Waals surface area contributed by atoms with Crippen molar-refractivity contribution in [1.82, 2.24) is 5.32 Å². The first-order chi connectivity index (χ1) is 9.57. The quantitative estimate of drug-likeness (QED) is 0.917. The molecule has 1 N–H and O–H groups in total. The maximum absolute atomic E-state index is 12.7. The highest BCUT2D eigenvalue weighted by atomic mass is 16.2. The molecule has 5 nitrogen and oxygen atoms in total. The van der Waals surface area contributed by atoms with Gasteiger partial charge in [0.2, 0.25) is 5.91 Å². The number of carbonyl (C=O) groups is 2. The molecule has 0 spiro atoms. The van der Waals surface area contributed by atoms with E-state index in [1.165, 1.54) is 0 Å². The summed E-state index contributed by atoms with van der Waals surface area (Å²) in [6, 6.07) is 8.12. The fraction of sp³-hybridized carbons (Fsp3) is 0.400. The van der Waals surface area contributed by atoms with E-state index in [9.17, 15) is 9.59 Å². The third kappa shape index (κ3) is 2.14. The Morgan fingerprint density at radius 1 is 1.35 bits per heavy atom. The standard InChI is InChI=1S/C15H17N3O2/c1-3-15(4-2)10-17-14(20)18(13(15)19)12-7-5-6-11(8-12)9-16/h5-8H,3-4,10H2,1-2H3,(H,17,20). The van der Waals surface area contributed by atoms with E-state index in [1.54, 1.807) is 24.3 Å². The Balaban J connectivity index is 2.45. The molecule has 1 saturated heterocycles. The van der Waals surface area contributed by atoms with Crippen LogP contribution in [0.15, 0.2) is 24.3 Å². The molecule has 1 aliphatic heterocycles. The smallest absolute Gasteiger partial charge is 0.328 e. The summed E-state index contributed by atoms with van der Waals surface area (Å²) in [5, 5.41) is 11.7. The second kappa shape index (κ2) is 5.33. The zero-order valence-corrected chi connectivity index (χ0v) is 11.6. The predicted molar refractivity (Wildman–Crippen MR) is 75.1 cm³/mol. The molecular weight excluding hydrogens is 254 g/mol. The fourth-order valence-corrected chi connectivity index (χ4v) is 2.48. The van der Waals surface area contributed by atoms with Gasteiger partial charge in [-0.05, 0) is 31.0 Å². The number of carbonyl (C=O) groups excluding carboxylic acids is 2. The minimum Gasteiger partial charge on any atom is -0.336 e. The van der Waals surface area contributed by atoms with Gasteiger partial charge in [0.15, 0.2) is 0 Å². The van der Waals surface area contributed by atoms with Crippen molar-refractivity contribution in [2.45, 2.75) is 26.7 Å². The van der Waals surface area contributed by atoms with Crippen molar-refractivity contribution in [3.8, 4) is 6.07 Å². The molecule has 3 amide bonds. The Hall–Kier alpha value is -2.35. The average Bonchev–Trinajstić information content (AvgIpc) is 2.49.